The Morgan fingerprint density at radius 3 is 2.42 bits per heavy atom. The van der Waals surface area contributed by atoms with Gasteiger partial charge < -0.3 is 0 Å². The van der Waals surface area contributed by atoms with Crippen LogP contribution in [-0.4, -0.2) is 67.9 Å². The molecule has 0 bridgehead atoms. The molecule has 0 spiro atoms. The lowest BCUT2D eigenvalue weighted by atomic mass is 10.3. The molecule has 0 aromatic carbocycles. The number of piperazine rings is 1. The van der Waals surface area contributed by atoms with Crippen LogP contribution in [-0.2, 0) is 16.4 Å². The highest BCUT2D eigenvalue weighted by molar-refractivity contribution is 7.90. The van der Waals surface area contributed by atoms with Crippen molar-refractivity contribution >= 4 is 21.2 Å². The first-order chi connectivity index (χ1) is 8.92. The Balaban J connectivity index is 1.73. The van der Waals surface area contributed by atoms with E-state index in [1.165, 1.54) is 6.26 Å². The summed E-state index contributed by atoms with van der Waals surface area (Å²) < 4.78 is 22.3. The van der Waals surface area contributed by atoms with Crippen molar-refractivity contribution in [2.24, 2.45) is 0 Å². The number of hydrogen-bond acceptors (Lipinski definition) is 6. The van der Waals surface area contributed by atoms with Gasteiger partial charge in [-0.15, -0.1) is 11.3 Å². The maximum absolute atomic E-state index is 11.1. The minimum atomic E-state index is -2.85. The summed E-state index contributed by atoms with van der Waals surface area (Å²) in [6, 6.07) is 0. The predicted molar refractivity (Wildman–Crippen MR) is 78.3 cm³/mol. The average molecular weight is 303 g/mol. The minimum absolute atomic E-state index is 0.262. The number of rotatable bonds is 5. The minimum Gasteiger partial charge on any atom is -0.300 e. The highest BCUT2D eigenvalue weighted by atomic mass is 32.2. The summed E-state index contributed by atoms with van der Waals surface area (Å²) >= 11 is 1.69. The Morgan fingerprint density at radius 1 is 1.26 bits per heavy atom. The molecule has 1 aliphatic heterocycles. The zero-order valence-corrected chi connectivity index (χ0v) is 13.1. The van der Waals surface area contributed by atoms with E-state index >= 15 is 0 Å². The zero-order chi connectivity index (χ0) is 13.9. The van der Waals surface area contributed by atoms with E-state index in [2.05, 4.69) is 20.2 Å². The van der Waals surface area contributed by atoms with Crippen LogP contribution in [0.4, 0.5) is 0 Å². The van der Waals surface area contributed by atoms with E-state index in [-0.39, 0.29) is 5.75 Å². The fourth-order valence-corrected chi connectivity index (χ4v) is 3.37. The first-order valence-electron chi connectivity index (χ1n) is 6.46. The van der Waals surface area contributed by atoms with Gasteiger partial charge in [0.1, 0.15) is 9.84 Å². The molecule has 1 aromatic rings. The fourth-order valence-electron chi connectivity index (χ4n) is 2.18. The van der Waals surface area contributed by atoms with Crippen LogP contribution in [0.3, 0.4) is 0 Å². The van der Waals surface area contributed by atoms with Crippen molar-refractivity contribution in [3.8, 4) is 0 Å². The monoisotopic (exact) mass is 303 g/mol. The van der Waals surface area contributed by atoms with E-state index in [9.17, 15) is 8.42 Å². The first kappa shape index (κ1) is 14.9. The number of aromatic nitrogens is 1. The summed E-state index contributed by atoms with van der Waals surface area (Å²) in [6.45, 7) is 7.45. The Morgan fingerprint density at radius 2 is 1.89 bits per heavy atom. The summed E-state index contributed by atoms with van der Waals surface area (Å²) in [5.41, 5.74) is 1.15. The Hall–Kier alpha value is -0.500. The van der Waals surface area contributed by atoms with Crippen LogP contribution >= 0.6 is 11.3 Å². The van der Waals surface area contributed by atoms with Crippen molar-refractivity contribution in [3.63, 3.8) is 0 Å². The van der Waals surface area contributed by atoms with Crippen LogP contribution in [0.15, 0.2) is 5.38 Å². The number of thiazole rings is 1. The molecule has 0 radical (unpaired) electrons. The van der Waals surface area contributed by atoms with Crippen molar-refractivity contribution in [2.75, 3.05) is 44.7 Å². The van der Waals surface area contributed by atoms with Crippen LogP contribution < -0.4 is 0 Å². The molecule has 0 amide bonds. The molecule has 1 saturated heterocycles. The molecule has 1 aromatic heterocycles. The third kappa shape index (κ3) is 5.18. The van der Waals surface area contributed by atoms with Gasteiger partial charge in [-0.2, -0.15) is 0 Å². The van der Waals surface area contributed by atoms with Gasteiger partial charge in [0.25, 0.3) is 0 Å². The molecule has 5 nitrogen and oxygen atoms in total. The highest BCUT2D eigenvalue weighted by Crippen LogP contribution is 2.12. The summed E-state index contributed by atoms with van der Waals surface area (Å²) in [7, 11) is -2.85. The Kier molecular flexibility index (Phi) is 4.94. The van der Waals surface area contributed by atoms with Crippen LogP contribution in [0.1, 0.15) is 10.7 Å². The Bertz CT molecular complexity index is 505. The Labute approximate surface area is 119 Å². The van der Waals surface area contributed by atoms with Crippen LogP contribution in [0.2, 0.25) is 0 Å². The summed E-state index contributed by atoms with van der Waals surface area (Å²) in [6.07, 6.45) is 1.30. The molecule has 1 fully saturated rings. The van der Waals surface area contributed by atoms with Crippen molar-refractivity contribution in [1.82, 2.24) is 14.8 Å². The molecule has 0 saturated carbocycles. The molecule has 7 heteroatoms. The van der Waals surface area contributed by atoms with E-state index in [1.54, 1.807) is 11.3 Å². The smallest absolute Gasteiger partial charge is 0.148 e. The van der Waals surface area contributed by atoms with Crippen molar-refractivity contribution in [3.05, 3.63) is 16.1 Å². The summed E-state index contributed by atoms with van der Waals surface area (Å²) in [5, 5.41) is 3.23. The van der Waals surface area contributed by atoms with Gasteiger partial charge >= 0.3 is 0 Å². The number of sulfone groups is 1. The van der Waals surface area contributed by atoms with Crippen LogP contribution in [0.25, 0.3) is 0 Å². The summed E-state index contributed by atoms with van der Waals surface area (Å²) in [4.78, 5) is 9.08. The molecule has 0 N–H and O–H groups in total. The standard InChI is InChI=1S/C12H21N3O2S2/c1-11-13-12(10-18-11)9-15-5-3-14(4-6-15)7-8-19(2,16)17/h10H,3-9H2,1-2H3. The predicted octanol–water partition coefficient (Wildman–Crippen LogP) is 0.614. The second kappa shape index (κ2) is 6.30. The molecule has 108 valence electrons. The third-order valence-corrected chi connectivity index (χ3v) is 5.04. The van der Waals surface area contributed by atoms with Gasteiger partial charge in [0.15, 0.2) is 0 Å². The molecular formula is C12H21N3O2S2. The number of hydrogen-bond donors (Lipinski definition) is 0. The lowest BCUT2D eigenvalue weighted by molar-refractivity contribution is 0.131. The molecule has 0 aliphatic carbocycles. The average Bonchev–Trinajstić information content (AvgIpc) is 2.73. The van der Waals surface area contributed by atoms with E-state index in [0.717, 1.165) is 43.4 Å². The molecule has 0 unspecified atom stereocenters. The lowest BCUT2D eigenvalue weighted by Gasteiger charge is -2.34. The van der Waals surface area contributed by atoms with Gasteiger partial charge in [-0.25, -0.2) is 13.4 Å². The van der Waals surface area contributed by atoms with Gasteiger partial charge in [-0.05, 0) is 6.92 Å². The zero-order valence-electron chi connectivity index (χ0n) is 11.5. The number of nitrogens with zero attached hydrogens (tertiary/aromatic N) is 3. The van der Waals surface area contributed by atoms with Crippen molar-refractivity contribution in [2.45, 2.75) is 13.5 Å². The van der Waals surface area contributed by atoms with E-state index in [0.29, 0.717) is 6.54 Å². The maximum atomic E-state index is 11.1. The molecule has 19 heavy (non-hydrogen) atoms. The van der Waals surface area contributed by atoms with Crippen LogP contribution in [0.5, 0.6) is 0 Å². The maximum Gasteiger partial charge on any atom is 0.148 e. The normalized spacial score (nSPS) is 18.8. The molecular weight excluding hydrogens is 282 g/mol. The first-order valence-corrected chi connectivity index (χ1v) is 9.40. The highest BCUT2D eigenvalue weighted by Gasteiger charge is 2.18. The van der Waals surface area contributed by atoms with Crippen LogP contribution in [0, 0.1) is 6.92 Å². The van der Waals surface area contributed by atoms with Gasteiger partial charge in [0.05, 0.1) is 16.5 Å². The topological polar surface area (TPSA) is 53.5 Å². The van der Waals surface area contributed by atoms with E-state index in [4.69, 9.17) is 0 Å². The van der Waals surface area contributed by atoms with Crippen molar-refractivity contribution in [1.29, 1.82) is 0 Å². The van der Waals surface area contributed by atoms with E-state index < -0.39 is 9.84 Å². The molecule has 2 heterocycles. The quantitative estimate of drug-likeness (QED) is 0.798. The fraction of sp³-hybridized carbons (Fsp3) is 0.750. The van der Waals surface area contributed by atoms with E-state index in [1.807, 2.05) is 6.92 Å². The van der Waals surface area contributed by atoms with Gasteiger partial charge in [0, 0.05) is 50.9 Å². The lowest BCUT2D eigenvalue weighted by Crippen LogP contribution is -2.47. The van der Waals surface area contributed by atoms with Gasteiger partial charge in [-0.1, -0.05) is 0 Å². The molecule has 1 aliphatic rings. The molecule has 2 rings (SSSR count). The SMILES string of the molecule is Cc1nc(CN2CCN(CCS(C)(=O)=O)CC2)cs1. The van der Waals surface area contributed by atoms with Gasteiger partial charge in [0.2, 0.25) is 0 Å². The summed E-state index contributed by atoms with van der Waals surface area (Å²) in [5.74, 6) is 0.262. The third-order valence-electron chi connectivity index (χ3n) is 3.30. The molecule has 0 atom stereocenters. The number of aryl methyl sites for hydroxylation is 1. The van der Waals surface area contributed by atoms with Gasteiger partial charge in [-0.3, -0.25) is 9.80 Å². The second-order valence-electron chi connectivity index (χ2n) is 5.11. The largest absolute Gasteiger partial charge is 0.300 e. The van der Waals surface area contributed by atoms with Crippen molar-refractivity contribution < 1.29 is 8.42 Å². The second-order valence-corrected chi connectivity index (χ2v) is 8.43.